The van der Waals surface area contributed by atoms with Gasteiger partial charge in [0.2, 0.25) is 5.91 Å². The van der Waals surface area contributed by atoms with Gasteiger partial charge in [-0.1, -0.05) is 6.42 Å². The van der Waals surface area contributed by atoms with E-state index in [0.717, 1.165) is 19.6 Å². The lowest BCUT2D eigenvalue weighted by Gasteiger charge is -2.42. The Labute approximate surface area is 179 Å². The average Bonchev–Trinajstić information content (AvgIpc) is 2.90. The fraction of sp³-hybridized carbons (Fsp3) is 0.882. The van der Waals surface area contributed by atoms with Gasteiger partial charge in [0.05, 0.1) is 11.5 Å². The van der Waals surface area contributed by atoms with E-state index >= 15 is 0 Å². The van der Waals surface area contributed by atoms with Crippen LogP contribution in [0, 0.1) is 5.41 Å². The molecule has 27 heavy (non-hydrogen) atoms. The number of nitrogens with one attached hydrogen (secondary N) is 3. The molecule has 1 aliphatic heterocycles. The number of nitrogens with zero attached hydrogens (tertiary/aromatic N) is 1. The van der Waals surface area contributed by atoms with Gasteiger partial charge >= 0.3 is 0 Å². The maximum absolute atomic E-state index is 12.0. The lowest BCUT2D eigenvalue weighted by molar-refractivity contribution is -0.121. The van der Waals surface area contributed by atoms with Crippen molar-refractivity contribution in [2.45, 2.75) is 44.6 Å². The summed E-state index contributed by atoms with van der Waals surface area (Å²) in [5, 5.41) is 9.29. The second-order valence-electron chi connectivity index (χ2n) is 7.37. The lowest BCUT2D eigenvalue weighted by atomic mass is 9.67. The topological polar surface area (TPSA) is 109 Å². The number of hydrogen-bond acceptors (Lipinski definition) is 5. The third kappa shape index (κ3) is 8.10. The third-order valence-electron chi connectivity index (χ3n) is 5.35. The van der Waals surface area contributed by atoms with Crippen molar-refractivity contribution in [3.05, 3.63) is 0 Å². The van der Waals surface area contributed by atoms with Crippen molar-refractivity contribution in [1.82, 2.24) is 16.0 Å². The molecule has 1 heterocycles. The fourth-order valence-electron chi connectivity index (χ4n) is 3.51. The molecule has 2 fully saturated rings. The molecule has 0 aromatic carbocycles. The summed E-state index contributed by atoms with van der Waals surface area (Å²) >= 11 is 0. The Morgan fingerprint density at radius 3 is 2.56 bits per heavy atom. The molecule has 1 saturated heterocycles. The zero-order valence-electron chi connectivity index (χ0n) is 16.3. The molecule has 0 bridgehead atoms. The van der Waals surface area contributed by atoms with Crippen molar-refractivity contribution in [2.75, 3.05) is 45.4 Å². The summed E-state index contributed by atoms with van der Waals surface area (Å²) in [4.78, 5) is 16.2. The van der Waals surface area contributed by atoms with E-state index in [1.54, 1.807) is 14.2 Å². The summed E-state index contributed by atoms with van der Waals surface area (Å²) in [6.45, 7) is 2.07. The van der Waals surface area contributed by atoms with E-state index < -0.39 is 9.84 Å². The summed E-state index contributed by atoms with van der Waals surface area (Å²) in [6.07, 6.45) is 5.50. The van der Waals surface area contributed by atoms with Crippen LogP contribution in [0.25, 0.3) is 0 Å². The number of halogens is 1. The zero-order chi connectivity index (χ0) is 19.0. The predicted molar refractivity (Wildman–Crippen MR) is 117 cm³/mol. The summed E-state index contributed by atoms with van der Waals surface area (Å²) in [5.74, 6) is 0.770. The van der Waals surface area contributed by atoms with E-state index in [9.17, 15) is 13.2 Å². The summed E-state index contributed by atoms with van der Waals surface area (Å²) in [5.41, 5.74) is 0.291. The van der Waals surface area contributed by atoms with Gasteiger partial charge in [-0.3, -0.25) is 9.79 Å². The van der Waals surface area contributed by atoms with Gasteiger partial charge in [0, 0.05) is 46.3 Å². The third-order valence-corrected chi connectivity index (χ3v) is 7.12. The van der Waals surface area contributed by atoms with Gasteiger partial charge in [-0.15, -0.1) is 24.0 Å². The Balaban J connectivity index is 0.00000364. The van der Waals surface area contributed by atoms with Gasteiger partial charge in [-0.05, 0) is 31.1 Å². The van der Waals surface area contributed by atoms with E-state index in [4.69, 9.17) is 4.74 Å². The first kappa shape index (κ1) is 24.4. The first-order valence-electron chi connectivity index (χ1n) is 9.31. The second kappa shape index (κ2) is 11.4. The number of aliphatic imine (C=N–C) groups is 1. The zero-order valence-corrected chi connectivity index (χ0v) is 19.4. The van der Waals surface area contributed by atoms with Crippen LogP contribution in [0.1, 0.15) is 38.5 Å². The lowest BCUT2D eigenvalue weighted by Crippen LogP contribution is -2.47. The average molecular weight is 516 g/mol. The monoisotopic (exact) mass is 516 g/mol. The minimum Gasteiger partial charge on any atom is -0.385 e. The molecule has 3 N–H and O–H groups in total. The number of hydrogen-bond donors (Lipinski definition) is 3. The van der Waals surface area contributed by atoms with Crippen molar-refractivity contribution in [1.29, 1.82) is 0 Å². The van der Waals surface area contributed by atoms with E-state index in [0.29, 0.717) is 24.3 Å². The van der Waals surface area contributed by atoms with Crippen LogP contribution in [0.5, 0.6) is 0 Å². The number of methoxy groups -OCH3 is 1. The number of ether oxygens (including phenoxy) is 1. The minimum atomic E-state index is -2.97. The second-order valence-corrected chi connectivity index (χ2v) is 9.60. The minimum absolute atomic E-state index is 0. The van der Waals surface area contributed by atoms with Crippen LogP contribution >= 0.6 is 24.0 Å². The van der Waals surface area contributed by atoms with Crippen LogP contribution in [-0.4, -0.2) is 71.7 Å². The molecule has 10 heteroatoms. The van der Waals surface area contributed by atoms with Gasteiger partial charge in [0.1, 0.15) is 0 Å². The van der Waals surface area contributed by atoms with Gasteiger partial charge in [0.25, 0.3) is 0 Å². The van der Waals surface area contributed by atoms with Crippen LogP contribution < -0.4 is 16.0 Å². The molecule has 8 nitrogen and oxygen atoms in total. The van der Waals surface area contributed by atoms with E-state index in [1.165, 1.54) is 19.3 Å². The molecule has 2 aliphatic rings. The molecule has 1 atom stereocenters. The van der Waals surface area contributed by atoms with Crippen molar-refractivity contribution < 1.29 is 17.9 Å². The number of sulfone groups is 1. The normalized spacial score (nSPS) is 23.0. The first-order chi connectivity index (χ1) is 12.4. The molecule has 1 amide bonds. The summed E-state index contributed by atoms with van der Waals surface area (Å²) < 4.78 is 28.0. The molecular formula is C17H33IN4O4S. The van der Waals surface area contributed by atoms with Gasteiger partial charge in [-0.2, -0.15) is 0 Å². The fourth-order valence-corrected chi connectivity index (χ4v) is 5.18. The predicted octanol–water partition coefficient (Wildman–Crippen LogP) is 0.670. The maximum Gasteiger partial charge on any atom is 0.222 e. The van der Waals surface area contributed by atoms with Gasteiger partial charge < -0.3 is 20.7 Å². The van der Waals surface area contributed by atoms with Crippen molar-refractivity contribution >= 4 is 45.7 Å². The molecule has 1 unspecified atom stereocenters. The molecule has 0 aromatic rings. The smallest absolute Gasteiger partial charge is 0.222 e. The summed E-state index contributed by atoms with van der Waals surface area (Å²) in [7, 11) is 0.466. The number of carbonyl (C=O) groups is 1. The van der Waals surface area contributed by atoms with Crippen LogP contribution in [0.2, 0.25) is 0 Å². The Kier molecular flexibility index (Phi) is 10.3. The molecule has 1 aliphatic carbocycles. The van der Waals surface area contributed by atoms with E-state index in [2.05, 4.69) is 20.9 Å². The highest BCUT2D eigenvalue weighted by Gasteiger charge is 2.36. The highest BCUT2D eigenvalue weighted by molar-refractivity contribution is 14.0. The number of amides is 1. The largest absolute Gasteiger partial charge is 0.385 e. The molecule has 2 rings (SSSR count). The Morgan fingerprint density at radius 1 is 1.30 bits per heavy atom. The number of guanidine groups is 1. The Bertz CT molecular complexity index is 608. The number of carbonyl (C=O) groups excluding carboxylic acids is 1. The van der Waals surface area contributed by atoms with Gasteiger partial charge in [0.15, 0.2) is 15.8 Å². The molecule has 158 valence electrons. The standard InChI is InChI=1S/C17H32N4O4S.HI/c1-18-16(20-13-17(6-3-7-17)8-10-25-2)19-9-4-15(22)21-14-5-11-26(23,24)12-14;/h14H,3-13H2,1-2H3,(H,21,22)(H2,18,19,20);1H. The van der Waals surface area contributed by atoms with Crippen molar-refractivity contribution in [3.8, 4) is 0 Å². The SMILES string of the molecule is CN=C(NCCC(=O)NC1CCS(=O)(=O)C1)NCC1(CCOC)CCC1.I. The highest BCUT2D eigenvalue weighted by atomic mass is 127. The summed E-state index contributed by atoms with van der Waals surface area (Å²) in [6, 6.07) is -0.246. The first-order valence-corrected chi connectivity index (χ1v) is 11.1. The van der Waals surface area contributed by atoms with Crippen LogP contribution in [-0.2, 0) is 19.4 Å². The molecular weight excluding hydrogens is 483 g/mol. The van der Waals surface area contributed by atoms with E-state index in [1.807, 2.05) is 0 Å². The molecule has 0 radical (unpaired) electrons. The number of rotatable bonds is 9. The Hall–Kier alpha value is -0.620. The molecule has 0 spiro atoms. The van der Waals surface area contributed by atoms with Crippen LogP contribution in [0.4, 0.5) is 0 Å². The molecule has 1 saturated carbocycles. The maximum atomic E-state index is 12.0. The van der Waals surface area contributed by atoms with Crippen LogP contribution in [0.15, 0.2) is 4.99 Å². The van der Waals surface area contributed by atoms with E-state index in [-0.39, 0.29) is 53.9 Å². The van der Waals surface area contributed by atoms with Gasteiger partial charge in [-0.25, -0.2) is 8.42 Å². The van der Waals surface area contributed by atoms with Crippen molar-refractivity contribution in [2.24, 2.45) is 10.4 Å². The highest BCUT2D eigenvalue weighted by Crippen LogP contribution is 2.43. The van der Waals surface area contributed by atoms with Crippen molar-refractivity contribution in [3.63, 3.8) is 0 Å². The van der Waals surface area contributed by atoms with Crippen LogP contribution in [0.3, 0.4) is 0 Å². The quantitative estimate of drug-likeness (QED) is 0.236. The molecule has 0 aromatic heterocycles. The Morgan fingerprint density at radius 2 is 2.04 bits per heavy atom.